The molecule has 0 saturated carbocycles. The van der Waals surface area contributed by atoms with Gasteiger partial charge in [-0.25, -0.2) is 0 Å². The number of benzene rings is 2. The Labute approximate surface area is 154 Å². The van der Waals surface area contributed by atoms with Crippen LogP contribution in [0.25, 0.3) is 0 Å². The van der Waals surface area contributed by atoms with Crippen LogP contribution in [0.2, 0.25) is 5.02 Å². The lowest BCUT2D eigenvalue weighted by Gasteiger charge is -2.36. The Morgan fingerprint density at radius 2 is 1.68 bits per heavy atom. The summed E-state index contributed by atoms with van der Waals surface area (Å²) in [6, 6.07) is 14.0. The third-order valence-corrected chi connectivity index (χ3v) is 4.76. The molecule has 1 saturated heterocycles. The number of para-hydroxylation sites is 1. The Balaban J connectivity index is 1.52. The van der Waals surface area contributed by atoms with Crippen LogP contribution in [0.4, 0.5) is 11.4 Å². The fraction of sp³-hybridized carbons (Fsp3) is 0.350. The van der Waals surface area contributed by atoms with Crippen LogP contribution in [0.1, 0.15) is 11.1 Å². The first-order chi connectivity index (χ1) is 12.0. The molecule has 0 aromatic heterocycles. The number of carbonyl (C=O) groups is 1. The lowest BCUT2D eigenvalue weighted by atomic mass is 10.1. The van der Waals surface area contributed by atoms with Gasteiger partial charge in [-0.15, -0.1) is 0 Å². The molecule has 0 spiro atoms. The van der Waals surface area contributed by atoms with Gasteiger partial charge in [-0.1, -0.05) is 29.8 Å². The molecule has 3 rings (SSSR count). The van der Waals surface area contributed by atoms with Crippen molar-refractivity contribution in [2.75, 3.05) is 42.9 Å². The van der Waals surface area contributed by atoms with Crippen LogP contribution in [0, 0.1) is 13.8 Å². The normalized spacial score (nSPS) is 15.2. The highest BCUT2D eigenvalue weighted by atomic mass is 35.5. The monoisotopic (exact) mass is 357 g/mol. The van der Waals surface area contributed by atoms with Gasteiger partial charge in [-0.2, -0.15) is 0 Å². The molecule has 132 valence electrons. The maximum absolute atomic E-state index is 12.3. The zero-order chi connectivity index (χ0) is 17.8. The summed E-state index contributed by atoms with van der Waals surface area (Å²) in [6.07, 6.45) is 0. The van der Waals surface area contributed by atoms with Gasteiger partial charge in [-0.05, 0) is 49.2 Å². The van der Waals surface area contributed by atoms with Crippen molar-refractivity contribution in [2.24, 2.45) is 0 Å². The second-order valence-corrected chi connectivity index (χ2v) is 7.05. The topological polar surface area (TPSA) is 35.6 Å². The van der Waals surface area contributed by atoms with Crippen molar-refractivity contribution < 1.29 is 4.79 Å². The first kappa shape index (κ1) is 17.8. The third-order valence-electron chi connectivity index (χ3n) is 4.44. The average molecular weight is 358 g/mol. The number of amides is 1. The van der Waals surface area contributed by atoms with E-state index >= 15 is 0 Å². The van der Waals surface area contributed by atoms with E-state index in [0.717, 1.165) is 53.7 Å². The molecule has 2 aromatic rings. The molecular weight excluding hydrogens is 334 g/mol. The summed E-state index contributed by atoms with van der Waals surface area (Å²) in [5.41, 5.74) is 4.26. The van der Waals surface area contributed by atoms with Crippen molar-refractivity contribution in [1.29, 1.82) is 0 Å². The van der Waals surface area contributed by atoms with Crippen LogP contribution in [-0.4, -0.2) is 43.5 Å². The fourth-order valence-electron chi connectivity index (χ4n) is 3.31. The van der Waals surface area contributed by atoms with Gasteiger partial charge in [0.1, 0.15) is 0 Å². The highest BCUT2D eigenvalue weighted by Crippen LogP contribution is 2.26. The summed E-state index contributed by atoms with van der Waals surface area (Å²) in [5.74, 6) is 0.0381. The Hall–Kier alpha value is -2.04. The van der Waals surface area contributed by atoms with Gasteiger partial charge >= 0.3 is 0 Å². The first-order valence-electron chi connectivity index (χ1n) is 8.61. The molecule has 4 nitrogen and oxygen atoms in total. The van der Waals surface area contributed by atoms with E-state index < -0.39 is 0 Å². The van der Waals surface area contributed by atoms with Gasteiger partial charge in [0.2, 0.25) is 5.91 Å². The van der Waals surface area contributed by atoms with Gasteiger partial charge in [-0.3, -0.25) is 9.69 Å². The lowest BCUT2D eigenvalue weighted by Crippen LogP contribution is -2.48. The quantitative estimate of drug-likeness (QED) is 0.905. The lowest BCUT2D eigenvalue weighted by molar-refractivity contribution is -0.117. The van der Waals surface area contributed by atoms with E-state index in [2.05, 4.69) is 21.2 Å². The summed E-state index contributed by atoms with van der Waals surface area (Å²) in [4.78, 5) is 16.8. The number of aryl methyl sites for hydroxylation is 2. The van der Waals surface area contributed by atoms with Gasteiger partial charge < -0.3 is 10.2 Å². The summed E-state index contributed by atoms with van der Waals surface area (Å²) in [7, 11) is 0. The summed E-state index contributed by atoms with van der Waals surface area (Å²) in [5, 5.41) is 3.79. The molecule has 1 amide bonds. The van der Waals surface area contributed by atoms with Gasteiger partial charge in [0.25, 0.3) is 0 Å². The van der Waals surface area contributed by atoms with E-state index in [9.17, 15) is 4.79 Å². The Morgan fingerprint density at radius 1 is 1.04 bits per heavy atom. The Bertz CT molecular complexity index is 734. The summed E-state index contributed by atoms with van der Waals surface area (Å²) >= 11 is 6.27. The predicted octanol–water partition coefficient (Wildman–Crippen LogP) is 3.72. The molecule has 2 aromatic carbocycles. The molecule has 1 heterocycles. The van der Waals surface area contributed by atoms with Crippen LogP contribution in [0.5, 0.6) is 0 Å². The first-order valence-corrected chi connectivity index (χ1v) is 8.99. The highest BCUT2D eigenvalue weighted by Gasteiger charge is 2.20. The van der Waals surface area contributed by atoms with Crippen LogP contribution in [0.15, 0.2) is 42.5 Å². The van der Waals surface area contributed by atoms with Gasteiger partial charge in [0.15, 0.2) is 0 Å². The Kier molecular flexibility index (Phi) is 5.61. The molecule has 1 N–H and O–H groups in total. The summed E-state index contributed by atoms with van der Waals surface area (Å²) in [6.45, 7) is 7.95. The van der Waals surface area contributed by atoms with Crippen LogP contribution < -0.4 is 10.2 Å². The van der Waals surface area contributed by atoms with Crippen molar-refractivity contribution in [3.05, 3.63) is 58.6 Å². The molecular formula is C20H24ClN3O. The van der Waals surface area contributed by atoms with E-state index in [0.29, 0.717) is 6.54 Å². The van der Waals surface area contributed by atoms with Crippen LogP contribution in [0.3, 0.4) is 0 Å². The van der Waals surface area contributed by atoms with Crippen molar-refractivity contribution in [2.45, 2.75) is 13.8 Å². The molecule has 5 heteroatoms. The molecule has 0 bridgehead atoms. The van der Waals surface area contributed by atoms with E-state index in [1.807, 2.05) is 50.2 Å². The number of nitrogens with one attached hydrogen (secondary N) is 1. The maximum atomic E-state index is 12.3. The molecule has 0 aliphatic carbocycles. The minimum atomic E-state index is 0.0381. The largest absolute Gasteiger partial charge is 0.368 e. The SMILES string of the molecule is Cc1cc(C)cc(NC(=O)CN2CCN(c3ccccc3Cl)CC2)c1. The van der Waals surface area contributed by atoms with E-state index in [-0.39, 0.29) is 5.91 Å². The zero-order valence-corrected chi connectivity index (χ0v) is 15.5. The number of hydrogen-bond acceptors (Lipinski definition) is 3. The number of rotatable bonds is 4. The number of carbonyl (C=O) groups excluding carboxylic acids is 1. The standard InChI is InChI=1S/C20H24ClN3O/c1-15-11-16(2)13-17(12-15)22-20(25)14-23-7-9-24(10-8-23)19-6-4-3-5-18(19)21/h3-6,11-13H,7-10,14H2,1-2H3,(H,22,25). The summed E-state index contributed by atoms with van der Waals surface area (Å²) < 4.78 is 0. The maximum Gasteiger partial charge on any atom is 0.238 e. The molecule has 0 radical (unpaired) electrons. The van der Waals surface area contributed by atoms with Gasteiger partial charge in [0.05, 0.1) is 17.3 Å². The highest BCUT2D eigenvalue weighted by molar-refractivity contribution is 6.33. The fourth-order valence-corrected chi connectivity index (χ4v) is 3.56. The Morgan fingerprint density at radius 3 is 2.32 bits per heavy atom. The number of piperazine rings is 1. The third kappa shape index (κ3) is 4.74. The number of nitrogens with zero attached hydrogens (tertiary/aromatic N) is 2. The number of anilines is 2. The van der Waals surface area contributed by atoms with Crippen molar-refractivity contribution in [3.8, 4) is 0 Å². The van der Waals surface area contributed by atoms with E-state index in [4.69, 9.17) is 11.6 Å². The van der Waals surface area contributed by atoms with Crippen molar-refractivity contribution in [3.63, 3.8) is 0 Å². The molecule has 1 aliphatic heterocycles. The molecule has 1 fully saturated rings. The molecule has 0 unspecified atom stereocenters. The minimum absolute atomic E-state index is 0.0381. The molecule has 25 heavy (non-hydrogen) atoms. The number of halogens is 1. The smallest absolute Gasteiger partial charge is 0.238 e. The molecule has 0 atom stereocenters. The van der Waals surface area contributed by atoms with E-state index in [1.54, 1.807) is 0 Å². The van der Waals surface area contributed by atoms with Crippen LogP contribution >= 0.6 is 11.6 Å². The minimum Gasteiger partial charge on any atom is -0.368 e. The van der Waals surface area contributed by atoms with Gasteiger partial charge in [0, 0.05) is 31.9 Å². The van der Waals surface area contributed by atoms with Crippen LogP contribution in [-0.2, 0) is 4.79 Å². The molecule has 1 aliphatic rings. The average Bonchev–Trinajstić information content (AvgIpc) is 2.55. The van der Waals surface area contributed by atoms with Crippen molar-refractivity contribution >= 4 is 28.9 Å². The van der Waals surface area contributed by atoms with Crippen molar-refractivity contribution in [1.82, 2.24) is 4.90 Å². The second kappa shape index (κ2) is 7.89. The predicted molar refractivity (Wildman–Crippen MR) is 105 cm³/mol. The van der Waals surface area contributed by atoms with E-state index in [1.165, 1.54) is 0 Å². The zero-order valence-electron chi connectivity index (χ0n) is 14.8. The number of hydrogen-bond donors (Lipinski definition) is 1. The second-order valence-electron chi connectivity index (χ2n) is 6.64.